The maximum atomic E-state index is 5.64. The van der Waals surface area contributed by atoms with Gasteiger partial charge in [0.25, 0.3) is 0 Å². The Kier molecular flexibility index (Phi) is 4.49. The van der Waals surface area contributed by atoms with E-state index in [1.807, 2.05) is 6.92 Å². The third-order valence-corrected chi connectivity index (χ3v) is 2.51. The van der Waals surface area contributed by atoms with E-state index >= 15 is 0 Å². The summed E-state index contributed by atoms with van der Waals surface area (Å²) in [6.07, 6.45) is 0. The molecule has 5 heteroatoms. The first kappa shape index (κ1) is 12.7. The van der Waals surface area contributed by atoms with Crippen molar-refractivity contribution in [2.45, 2.75) is 26.8 Å². The van der Waals surface area contributed by atoms with Gasteiger partial charge in [-0.15, -0.1) is 0 Å². The van der Waals surface area contributed by atoms with E-state index in [4.69, 9.17) is 5.73 Å². The van der Waals surface area contributed by atoms with Crippen molar-refractivity contribution in [3.63, 3.8) is 0 Å². The van der Waals surface area contributed by atoms with Gasteiger partial charge in [0.2, 0.25) is 0 Å². The highest BCUT2D eigenvalue weighted by Gasteiger charge is 2.03. The molecule has 0 spiro atoms. The molecule has 0 saturated heterocycles. The Morgan fingerprint density at radius 1 is 1.44 bits per heavy atom. The third-order valence-electron chi connectivity index (χ3n) is 2.51. The first-order valence-electron chi connectivity index (χ1n) is 5.54. The Morgan fingerprint density at radius 3 is 2.69 bits per heavy atom. The number of nitrogens with one attached hydrogen (secondary N) is 1. The van der Waals surface area contributed by atoms with Gasteiger partial charge in [0, 0.05) is 25.2 Å². The summed E-state index contributed by atoms with van der Waals surface area (Å²) in [5.74, 6) is 1.99. The Bertz CT molecular complexity index is 317. The minimum absolute atomic E-state index is 0.507. The third kappa shape index (κ3) is 4.02. The standard InChI is InChI=1S/C11H21N5/c1-8(2)16(4)6-5-13-11-7-10(12)14-9(3)15-11/h7-8H,5-6H2,1-4H3,(H3,12,13,14,15). The summed E-state index contributed by atoms with van der Waals surface area (Å²) >= 11 is 0. The van der Waals surface area contributed by atoms with Crippen molar-refractivity contribution in [2.24, 2.45) is 0 Å². The van der Waals surface area contributed by atoms with Gasteiger partial charge < -0.3 is 16.0 Å². The van der Waals surface area contributed by atoms with E-state index < -0.39 is 0 Å². The van der Waals surface area contributed by atoms with Gasteiger partial charge in [-0.3, -0.25) is 0 Å². The molecule has 0 saturated carbocycles. The van der Waals surface area contributed by atoms with E-state index in [2.05, 4.69) is 41.1 Å². The summed E-state index contributed by atoms with van der Waals surface area (Å²) in [6.45, 7) is 8.01. The van der Waals surface area contributed by atoms with Crippen molar-refractivity contribution < 1.29 is 0 Å². The molecular weight excluding hydrogens is 202 g/mol. The monoisotopic (exact) mass is 223 g/mol. The van der Waals surface area contributed by atoms with Gasteiger partial charge in [-0.25, -0.2) is 9.97 Å². The average molecular weight is 223 g/mol. The Balaban J connectivity index is 2.43. The maximum Gasteiger partial charge on any atom is 0.131 e. The minimum atomic E-state index is 0.507. The summed E-state index contributed by atoms with van der Waals surface area (Å²) in [4.78, 5) is 10.5. The molecule has 0 amide bonds. The van der Waals surface area contributed by atoms with Crippen LogP contribution in [0.1, 0.15) is 19.7 Å². The average Bonchev–Trinajstić information content (AvgIpc) is 2.15. The molecular formula is C11H21N5. The molecule has 0 fully saturated rings. The smallest absolute Gasteiger partial charge is 0.131 e. The van der Waals surface area contributed by atoms with Crippen LogP contribution in [-0.4, -0.2) is 41.0 Å². The molecule has 0 aliphatic carbocycles. The van der Waals surface area contributed by atoms with Crippen LogP contribution in [0.5, 0.6) is 0 Å². The maximum absolute atomic E-state index is 5.64. The topological polar surface area (TPSA) is 67.1 Å². The Morgan fingerprint density at radius 2 is 2.12 bits per heavy atom. The van der Waals surface area contributed by atoms with Crippen LogP contribution in [0.2, 0.25) is 0 Å². The van der Waals surface area contributed by atoms with Crippen LogP contribution >= 0.6 is 0 Å². The SMILES string of the molecule is Cc1nc(N)cc(NCCN(C)C(C)C)n1. The lowest BCUT2D eigenvalue weighted by atomic mass is 10.3. The van der Waals surface area contributed by atoms with Crippen LogP contribution in [0.3, 0.4) is 0 Å². The van der Waals surface area contributed by atoms with E-state index in [0.29, 0.717) is 17.7 Å². The largest absolute Gasteiger partial charge is 0.384 e. The van der Waals surface area contributed by atoms with E-state index in [-0.39, 0.29) is 0 Å². The molecule has 90 valence electrons. The highest BCUT2D eigenvalue weighted by molar-refractivity contribution is 5.44. The first-order valence-corrected chi connectivity index (χ1v) is 5.54. The molecule has 1 rings (SSSR count). The van der Waals surface area contributed by atoms with E-state index in [0.717, 1.165) is 18.9 Å². The van der Waals surface area contributed by atoms with Gasteiger partial charge in [0.15, 0.2) is 0 Å². The van der Waals surface area contributed by atoms with Gasteiger partial charge in [-0.05, 0) is 27.8 Å². The van der Waals surface area contributed by atoms with E-state index in [9.17, 15) is 0 Å². The van der Waals surface area contributed by atoms with Gasteiger partial charge in [-0.1, -0.05) is 0 Å². The lowest BCUT2D eigenvalue weighted by Gasteiger charge is -2.21. The van der Waals surface area contributed by atoms with E-state index in [1.165, 1.54) is 0 Å². The number of aromatic nitrogens is 2. The van der Waals surface area contributed by atoms with Crippen LogP contribution in [0.15, 0.2) is 6.07 Å². The van der Waals surface area contributed by atoms with Crippen molar-refractivity contribution >= 4 is 11.6 Å². The fourth-order valence-corrected chi connectivity index (χ4v) is 1.30. The zero-order valence-corrected chi connectivity index (χ0v) is 10.5. The molecule has 0 unspecified atom stereocenters. The van der Waals surface area contributed by atoms with Gasteiger partial charge in [0.05, 0.1) is 0 Å². The lowest BCUT2D eigenvalue weighted by Crippen LogP contribution is -2.31. The molecule has 16 heavy (non-hydrogen) atoms. The van der Waals surface area contributed by atoms with Gasteiger partial charge >= 0.3 is 0 Å². The molecule has 0 radical (unpaired) electrons. The van der Waals surface area contributed by atoms with Crippen LogP contribution in [-0.2, 0) is 0 Å². The molecule has 0 aromatic carbocycles. The molecule has 3 N–H and O–H groups in total. The second-order valence-corrected chi connectivity index (χ2v) is 4.23. The highest BCUT2D eigenvalue weighted by Crippen LogP contribution is 2.07. The summed E-state index contributed by atoms with van der Waals surface area (Å²) in [5, 5.41) is 3.24. The van der Waals surface area contributed by atoms with Crippen LogP contribution < -0.4 is 11.1 Å². The number of likely N-dealkylation sites (N-methyl/N-ethyl adjacent to an activating group) is 1. The number of hydrogen-bond acceptors (Lipinski definition) is 5. The molecule has 0 aliphatic rings. The quantitative estimate of drug-likeness (QED) is 0.783. The van der Waals surface area contributed by atoms with E-state index in [1.54, 1.807) is 6.07 Å². The summed E-state index contributed by atoms with van der Waals surface area (Å²) in [5.41, 5.74) is 5.64. The molecule has 0 aliphatic heterocycles. The summed E-state index contributed by atoms with van der Waals surface area (Å²) < 4.78 is 0. The molecule has 1 aromatic rings. The number of hydrogen-bond donors (Lipinski definition) is 2. The number of nitrogens with zero attached hydrogens (tertiary/aromatic N) is 3. The molecule has 5 nitrogen and oxygen atoms in total. The van der Waals surface area contributed by atoms with Crippen LogP contribution in [0.25, 0.3) is 0 Å². The predicted octanol–water partition coefficient (Wildman–Crippen LogP) is 1.12. The lowest BCUT2D eigenvalue weighted by molar-refractivity contribution is 0.284. The Hall–Kier alpha value is -1.36. The number of rotatable bonds is 5. The summed E-state index contributed by atoms with van der Waals surface area (Å²) in [7, 11) is 2.10. The minimum Gasteiger partial charge on any atom is -0.384 e. The van der Waals surface area contributed by atoms with Crippen LogP contribution in [0.4, 0.5) is 11.6 Å². The molecule has 0 bridgehead atoms. The number of nitrogen functional groups attached to an aromatic ring is 1. The van der Waals surface area contributed by atoms with Crippen molar-refractivity contribution in [3.8, 4) is 0 Å². The second kappa shape index (κ2) is 5.65. The van der Waals surface area contributed by atoms with Gasteiger partial charge in [0.1, 0.15) is 17.5 Å². The van der Waals surface area contributed by atoms with Crippen molar-refractivity contribution in [1.29, 1.82) is 0 Å². The fourth-order valence-electron chi connectivity index (χ4n) is 1.30. The normalized spacial score (nSPS) is 11.1. The predicted molar refractivity (Wildman–Crippen MR) is 67.4 cm³/mol. The summed E-state index contributed by atoms with van der Waals surface area (Å²) in [6, 6.07) is 2.31. The number of anilines is 2. The van der Waals surface area contributed by atoms with Crippen molar-refractivity contribution in [1.82, 2.24) is 14.9 Å². The van der Waals surface area contributed by atoms with Crippen molar-refractivity contribution in [2.75, 3.05) is 31.2 Å². The van der Waals surface area contributed by atoms with Crippen LogP contribution in [0, 0.1) is 6.92 Å². The number of aryl methyl sites for hydroxylation is 1. The molecule has 1 aromatic heterocycles. The highest BCUT2D eigenvalue weighted by atomic mass is 15.1. The zero-order valence-electron chi connectivity index (χ0n) is 10.5. The first-order chi connectivity index (χ1) is 7.49. The molecule has 0 atom stereocenters. The Labute approximate surface area is 97.1 Å². The fraction of sp³-hybridized carbons (Fsp3) is 0.636. The zero-order chi connectivity index (χ0) is 12.1. The molecule has 1 heterocycles. The second-order valence-electron chi connectivity index (χ2n) is 4.23. The van der Waals surface area contributed by atoms with Crippen molar-refractivity contribution in [3.05, 3.63) is 11.9 Å². The number of nitrogens with two attached hydrogens (primary N) is 1. The van der Waals surface area contributed by atoms with Gasteiger partial charge in [-0.2, -0.15) is 0 Å².